The first kappa shape index (κ1) is 28.9. The second-order valence-corrected chi connectivity index (χ2v) is 11.9. The molecule has 0 N–H and O–H groups in total. The molecule has 3 aromatic rings. The Morgan fingerprint density at radius 2 is 1.65 bits per heavy atom. The lowest BCUT2D eigenvalue weighted by atomic mass is 9.92. The van der Waals surface area contributed by atoms with E-state index in [0.29, 0.717) is 11.4 Å². The number of methoxy groups -OCH3 is 1. The van der Waals surface area contributed by atoms with E-state index >= 15 is 0 Å². The van der Waals surface area contributed by atoms with Crippen molar-refractivity contribution in [1.29, 1.82) is 0 Å². The van der Waals surface area contributed by atoms with Crippen LogP contribution in [0.25, 0.3) is 5.69 Å². The molecule has 0 bridgehead atoms. The Morgan fingerprint density at radius 1 is 0.950 bits per heavy atom. The zero-order valence-corrected chi connectivity index (χ0v) is 24.2. The van der Waals surface area contributed by atoms with E-state index in [0.717, 1.165) is 22.4 Å². The predicted molar refractivity (Wildman–Crippen MR) is 149 cm³/mol. The minimum absolute atomic E-state index is 0.140. The van der Waals surface area contributed by atoms with Crippen LogP contribution in [0.1, 0.15) is 74.4 Å². The Labute approximate surface area is 235 Å². The van der Waals surface area contributed by atoms with Gasteiger partial charge in [-0.05, 0) is 55.7 Å². The average Bonchev–Trinajstić information content (AvgIpc) is 3.36. The van der Waals surface area contributed by atoms with E-state index in [9.17, 15) is 14.4 Å². The molecule has 1 unspecified atom stereocenters. The highest BCUT2D eigenvalue weighted by Gasteiger charge is 2.38. The molecular formula is C31H37N3O6. The maximum Gasteiger partial charge on any atom is 0.411 e. The summed E-state index contributed by atoms with van der Waals surface area (Å²) in [5.74, 6) is -1.02. The van der Waals surface area contributed by atoms with Crippen molar-refractivity contribution in [3.05, 3.63) is 82.7 Å². The van der Waals surface area contributed by atoms with Gasteiger partial charge in [0, 0.05) is 11.8 Å². The summed E-state index contributed by atoms with van der Waals surface area (Å²) < 4.78 is 17.8. The molecule has 0 aliphatic carbocycles. The topological polar surface area (TPSA) is 100.0 Å². The van der Waals surface area contributed by atoms with Gasteiger partial charge in [-0.25, -0.2) is 19.1 Å². The number of carbonyl (C=O) groups is 3. The molecule has 0 fully saturated rings. The Balaban J connectivity index is 1.68. The monoisotopic (exact) mass is 547 g/mol. The first-order valence-electron chi connectivity index (χ1n) is 13.3. The van der Waals surface area contributed by atoms with Crippen LogP contribution in [-0.2, 0) is 44.0 Å². The molecule has 9 heteroatoms. The number of carbonyl (C=O) groups excluding carboxylic acids is 3. The third-order valence-corrected chi connectivity index (χ3v) is 6.57. The third kappa shape index (κ3) is 6.52. The number of hydrogen-bond donors (Lipinski definition) is 0. The lowest BCUT2D eigenvalue weighted by molar-refractivity contribution is -0.147. The minimum Gasteiger partial charge on any atom is -0.467 e. The molecule has 0 saturated heterocycles. The molecular weight excluding hydrogens is 510 g/mol. The van der Waals surface area contributed by atoms with E-state index in [4.69, 9.17) is 19.3 Å². The Kier molecular flexibility index (Phi) is 8.05. The van der Waals surface area contributed by atoms with Gasteiger partial charge in [0.25, 0.3) is 0 Å². The molecule has 0 radical (unpaired) electrons. The second-order valence-electron chi connectivity index (χ2n) is 11.9. The molecule has 1 aliphatic heterocycles. The molecule has 1 aliphatic rings. The number of hydrogen-bond acceptors (Lipinski definition) is 7. The van der Waals surface area contributed by atoms with Gasteiger partial charge in [-0.15, -0.1) is 0 Å². The van der Waals surface area contributed by atoms with E-state index in [1.165, 1.54) is 12.0 Å². The van der Waals surface area contributed by atoms with Crippen LogP contribution in [0.15, 0.2) is 54.6 Å². The van der Waals surface area contributed by atoms with Gasteiger partial charge >= 0.3 is 18.0 Å². The van der Waals surface area contributed by atoms with Crippen LogP contribution in [0.2, 0.25) is 0 Å². The molecule has 2 aromatic carbocycles. The van der Waals surface area contributed by atoms with Crippen LogP contribution in [0.4, 0.5) is 4.79 Å². The minimum atomic E-state index is -0.847. The van der Waals surface area contributed by atoms with E-state index < -0.39 is 29.7 Å². The quantitative estimate of drug-likeness (QED) is 0.313. The average molecular weight is 548 g/mol. The van der Waals surface area contributed by atoms with Crippen LogP contribution < -0.4 is 0 Å². The smallest absolute Gasteiger partial charge is 0.411 e. The first-order valence-corrected chi connectivity index (χ1v) is 13.3. The zero-order chi connectivity index (χ0) is 29.2. The van der Waals surface area contributed by atoms with E-state index in [1.54, 1.807) is 31.5 Å². The fourth-order valence-corrected chi connectivity index (χ4v) is 4.45. The van der Waals surface area contributed by atoms with Crippen LogP contribution >= 0.6 is 0 Å². The highest BCUT2D eigenvalue weighted by molar-refractivity contribution is 5.88. The van der Waals surface area contributed by atoms with Crippen molar-refractivity contribution in [2.24, 2.45) is 0 Å². The van der Waals surface area contributed by atoms with Crippen molar-refractivity contribution in [2.75, 3.05) is 7.11 Å². The summed E-state index contributed by atoms with van der Waals surface area (Å²) in [7, 11) is 1.30. The summed E-state index contributed by atoms with van der Waals surface area (Å²) in [6.07, 6.45) is -0.348. The Hall–Kier alpha value is -4.14. The fourth-order valence-electron chi connectivity index (χ4n) is 4.45. The first-order chi connectivity index (χ1) is 18.8. The van der Waals surface area contributed by atoms with Crippen molar-refractivity contribution >= 4 is 18.0 Å². The van der Waals surface area contributed by atoms with Gasteiger partial charge in [-0.1, -0.05) is 57.2 Å². The molecule has 1 aromatic heterocycles. The number of nitrogens with zero attached hydrogens (tertiary/aromatic N) is 3. The normalized spacial score (nSPS) is 15.3. The summed E-state index contributed by atoms with van der Waals surface area (Å²) in [4.78, 5) is 40.3. The molecule has 0 saturated carbocycles. The lowest BCUT2D eigenvalue weighted by Gasteiger charge is -2.36. The zero-order valence-electron chi connectivity index (χ0n) is 24.2. The number of amides is 1. The van der Waals surface area contributed by atoms with Crippen molar-refractivity contribution in [3.8, 4) is 5.69 Å². The van der Waals surface area contributed by atoms with Gasteiger partial charge in [-0.3, -0.25) is 4.90 Å². The molecule has 0 spiro atoms. The third-order valence-electron chi connectivity index (χ3n) is 6.57. The number of ether oxygens (including phenoxy) is 3. The van der Waals surface area contributed by atoms with Crippen molar-refractivity contribution in [2.45, 2.75) is 78.2 Å². The molecule has 1 atom stereocenters. The van der Waals surface area contributed by atoms with Crippen molar-refractivity contribution in [1.82, 2.24) is 14.7 Å². The molecule has 9 nitrogen and oxygen atoms in total. The highest BCUT2D eigenvalue weighted by Crippen LogP contribution is 2.30. The van der Waals surface area contributed by atoms with E-state index in [2.05, 4.69) is 0 Å². The lowest BCUT2D eigenvalue weighted by Crippen LogP contribution is -2.50. The van der Waals surface area contributed by atoms with Gasteiger partial charge in [0.15, 0.2) is 5.69 Å². The molecule has 1 amide bonds. The predicted octanol–water partition coefficient (Wildman–Crippen LogP) is 5.36. The number of fused-ring (bicyclic) bond motifs is 1. The largest absolute Gasteiger partial charge is 0.467 e. The van der Waals surface area contributed by atoms with Crippen LogP contribution in [0.3, 0.4) is 0 Å². The highest BCUT2D eigenvalue weighted by atomic mass is 16.6. The van der Waals surface area contributed by atoms with Gasteiger partial charge in [0.2, 0.25) is 0 Å². The van der Waals surface area contributed by atoms with E-state index in [-0.39, 0.29) is 25.0 Å². The SMILES string of the molecule is COC(=O)C1Cc2cc(-n3nc(C(C)(C)C)cc3C(=O)OCc3ccccc3)ccc2CN1C(=O)OC(C)(C)C. The number of aromatic nitrogens is 2. The summed E-state index contributed by atoms with van der Waals surface area (Å²) >= 11 is 0. The molecule has 2 heterocycles. The van der Waals surface area contributed by atoms with Crippen molar-refractivity contribution < 1.29 is 28.6 Å². The second kappa shape index (κ2) is 11.2. The summed E-state index contributed by atoms with van der Waals surface area (Å²) in [6, 6.07) is 16.0. The standard InChI is InChI=1S/C31H37N3O6/c1-30(2,3)26-17-25(28(36)39-19-20-11-9-8-10-12-20)34(32-26)23-14-13-21-18-33(29(37)40-31(4,5)6)24(27(35)38-7)16-22(21)15-23/h8-15,17,24H,16,18-19H2,1-7H3. The Morgan fingerprint density at radius 3 is 2.27 bits per heavy atom. The van der Waals surface area contributed by atoms with E-state index in [1.807, 2.05) is 69.3 Å². The summed E-state index contributed by atoms with van der Waals surface area (Å²) in [6.45, 7) is 11.7. The summed E-state index contributed by atoms with van der Waals surface area (Å²) in [5, 5.41) is 4.77. The molecule has 212 valence electrons. The summed E-state index contributed by atoms with van der Waals surface area (Å²) in [5.41, 5.74) is 3.27. The number of benzene rings is 2. The van der Waals surface area contributed by atoms with Crippen LogP contribution in [-0.4, -0.2) is 51.5 Å². The van der Waals surface area contributed by atoms with Crippen molar-refractivity contribution in [3.63, 3.8) is 0 Å². The Bertz CT molecular complexity index is 1400. The number of esters is 2. The molecule has 40 heavy (non-hydrogen) atoms. The van der Waals surface area contributed by atoms with Gasteiger partial charge in [-0.2, -0.15) is 5.10 Å². The van der Waals surface area contributed by atoms with Gasteiger partial charge in [0.1, 0.15) is 18.2 Å². The maximum atomic E-state index is 13.3. The van der Waals surface area contributed by atoms with Crippen LogP contribution in [0, 0.1) is 0 Å². The maximum absolute atomic E-state index is 13.3. The van der Waals surface area contributed by atoms with Gasteiger partial charge < -0.3 is 14.2 Å². The van der Waals surface area contributed by atoms with Crippen LogP contribution in [0.5, 0.6) is 0 Å². The fraction of sp³-hybridized carbons (Fsp3) is 0.419. The molecule has 4 rings (SSSR count). The van der Waals surface area contributed by atoms with Gasteiger partial charge in [0.05, 0.1) is 25.0 Å². The number of rotatable bonds is 5.